The molecule has 1 fully saturated rings. The molecule has 2 heterocycles. The van der Waals surface area contributed by atoms with E-state index >= 15 is 0 Å². The van der Waals surface area contributed by atoms with Crippen molar-refractivity contribution in [2.75, 3.05) is 32.7 Å². The molecular formula is C20H28N3O3S2+. The van der Waals surface area contributed by atoms with Gasteiger partial charge in [-0.05, 0) is 35.9 Å². The normalized spacial score (nSPS) is 17.4. The minimum Gasteiger partial charge on any atom is -0.345 e. The monoisotopic (exact) mass is 422 g/mol. The fraction of sp³-hybridized carbons (Fsp3) is 0.450. The van der Waals surface area contributed by atoms with Gasteiger partial charge in [0.15, 0.2) is 6.54 Å². The van der Waals surface area contributed by atoms with Crippen LogP contribution >= 0.6 is 11.3 Å². The van der Waals surface area contributed by atoms with E-state index in [2.05, 4.69) is 36.5 Å². The third kappa shape index (κ3) is 5.00. The van der Waals surface area contributed by atoms with E-state index in [1.54, 1.807) is 17.5 Å². The number of nitrogens with zero attached hydrogens (tertiary/aromatic N) is 1. The Bertz CT molecular complexity index is 872. The highest BCUT2D eigenvalue weighted by molar-refractivity contribution is 7.91. The summed E-state index contributed by atoms with van der Waals surface area (Å²) in [6.45, 7) is 6.63. The second-order valence-corrected chi connectivity index (χ2v) is 10.3. The number of thiophene rings is 1. The molecule has 1 aromatic carbocycles. The number of rotatable bonds is 7. The van der Waals surface area contributed by atoms with E-state index < -0.39 is 10.0 Å². The van der Waals surface area contributed by atoms with E-state index in [0.29, 0.717) is 36.9 Å². The fourth-order valence-corrected chi connectivity index (χ4v) is 5.99. The van der Waals surface area contributed by atoms with Crippen LogP contribution in [0, 0.1) is 0 Å². The zero-order chi connectivity index (χ0) is 20.1. The lowest BCUT2D eigenvalue weighted by atomic mass is 10.1. The van der Waals surface area contributed by atoms with E-state index in [1.165, 1.54) is 21.2 Å². The molecule has 1 aromatic heterocycles. The van der Waals surface area contributed by atoms with Gasteiger partial charge in [-0.25, -0.2) is 8.42 Å². The summed E-state index contributed by atoms with van der Waals surface area (Å²) < 4.78 is 27.1. The Morgan fingerprint density at radius 1 is 1.21 bits per heavy atom. The summed E-state index contributed by atoms with van der Waals surface area (Å²) in [6, 6.07) is 11.7. The van der Waals surface area contributed by atoms with Crippen LogP contribution in [0.25, 0.3) is 0 Å². The van der Waals surface area contributed by atoms with Gasteiger partial charge >= 0.3 is 0 Å². The highest BCUT2D eigenvalue weighted by atomic mass is 32.2. The lowest BCUT2D eigenvalue weighted by molar-refractivity contribution is -0.895. The molecule has 2 aromatic rings. The number of hydrogen-bond donors (Lipinski definition) is 2. The number of quaternary nitrogens is 1. The minimum absolute atomic E-state index is 0.00312. The average Bonchev–Trinajstić information content (AvgIpc) is 3.24. The number of carbonyl (C=O) groups is 1. The maximum Gasteiger partial charge on any atom is 0.275 e. The first kappa shape index (κ1) is 21.0. The highest BCUT2D eigenvalue weighted by Crippen LogP contribution is 2.20. The van der Waals surface area contributed by atoms with E-state index in [4.69, 9.17) is 0 Å². The molecule has 6 nitrogen and oxygen atoms in total. The third-order valence-corrected chi connectivity index (χ3v) is 8.47. The average molecular weight is 423 g/mol. The van der Waals surface area contributed by atoms with Crippen molar-refractivity contribution in [1.29, 1.82) is 0 Å². The predicted molar refractivity (Wildman–Crippen MR) is 111 cm³/mol. The zero-order valence-corrected chi connectivity index (χ0v) is 18.0. The van der Waals surface area contributed by atoms with Crippen LogP contribution in [0.3, 0.4) is 0 Å². The summed E-state index contributed by atoms with van der Waals surface area (Å²) in [7, 11) is -3.39. The summed E-state index contributed by atoms with van der Waals surface area (Å²) in [5.41, 5.74) is 2.37. The molecule has 0 spiro atoms. The SMILES string of the molecule is CCc1ccc([C@@H](C)NC(=O)C[NH+]2CCN(S(=O)(=O)c3cccs3)CC2)cc1. The van der Waals surface area contributed by atoms with Crippen LogP contribution in [-0.2, 0) is 21.2 Å². The van der Waals surface area contributed by atoms with Crippen molar-refractivity contribution >= 4 is 27.3 Å². The number of benzene rings is 1. The van der Waals surface area contributed by atoms with E-state index in [-0.39, 0.29) is 11.9 Å². The van der Waals surface area contributed by atoms with Crippen LogP contribution in [-0.4, -0.2) is 51.4 Å². The number of carbonyl (C=O) groups excluding carboxylic acids is 1. The molecule has 1 saturated heterocycles. The van der Waals surface area contributed by atoms with Gasteiger partial charge in [-0.1, -0.05) is 37.3 Å². The Morgan fingerprint density at radius 3 is 2.46 bits per heavy atom. The Morgan fingerprint density at radius 2 is 1.89 bits per heavy atom. The van der Waals surface area contributed by atoms with Gasteiger partial charge in [-0.2, -0.15) is 4.31 Å². The summed E-state index contributed by atoms with van der Waals surface area (Å²) in [5.74, 6) is -0.00312. The van der Waals surface area contributed by atoms with Crippen molar-refractivity contribution in [3.63, 3.8) is 0 Å². The molecule has 2 N–H and O–H groups in total. The fourth-order valence-electron chi connectivity index (χ4n) is 3.40. The van der Waals surface area contributed by atoms with Crippen molar-refractivity contribution in [2.24, 2.45) is 0 Å². The summed E-state index contributed by atoms with van der Waals surface area (Å²) >= 11 is 1.24. The molecule has 0 unspecified atom stereocenters. The van der Waals surface area contributed by atoms with Gasteiger partial charge in [0.2, 0.25) is 0 Å². The third-order valence-electron chi connectivity index (χ3n) is 5.19. The van der Waals surface area contributed by atoms with Gasteiger partial charge in [-0.3, -0.25) is 4.79 Å². The highest BCUT2D eigenvalue weighted by Gasteiger charge is 2.31. The van der Waals surface area contributed by atoms with Crippen LogP contribution < -0.4 is 10.2 Å². The number of hydrogen-bond acceptors (Lipinski definition) is 4. The maximum absolute atomic E-state index is 12.6. The van der Waals surface area contributed by atoms with E-state index in [9.17, 15) is 13.2 Å². The Kier molecular flexibility index (Phi) is 6.87. The van der Waals surface area contributed by atoms with Crippen LogP contribution in [0.1, 0.15) is 31.0 Å². The van der Waals surface area contributed by atoms with Crippen LogP contribution in [0.4, 0.5) is 0 Å². The minimum atomic E-state index is -3.39. The zero-order valence-electron chi connectivity index (χ0n) is 16.3. The van der Waals surface area contributed by atoms with Crippen molar-refractivity contribution in [3.05, 3.63) is 52.9 Å². The first-order valence-electron chi connectivity index (χ1n) is 9.65. The number of aryl methyl sites for hydroxylation is 1. The molecule has 1 amide bonds. The molecule has 28 heavy (non-hydrogen) atoms. The van der Waals surface area contributed by atoms with Gasteiger partial charge < -0.3 is 10.2 Å². The number of piperazine rings is 1. The van der Waals surface area contributed by atoms with Crippen LogP contribution in [0.5, 0.6) is 0 Å². The van der Waals surface area contributed by atoms with Crippen molar-refractivity contribution < 1.29 is 18.1 Å². The molecular weight excluding hydrogens is 394 g/mol. The van der Waals surface area contributed by atoms with Crippen LogP contribution in [0.15, 0.2) is 46.0 Å². The number of sulfonamides is 1. The second kappa shape index (κ2) is 9.17. The Hall–Kier alpha value is -1.74. The van der Waals surface area contributed by atoms with E-state index in [1.807, 2.05) is 6.92 Å². The number of nitrogens with one attached hydrogen (secondary N) is 2. The Balaban J connectivity index is 1.48. The topological polar surface area (TPSA) is 70.9 Å². The quantitative estimate of drug-likeness (QED) is 0.701. The molecule has 0 aliphatic carbocycles. The number of amides is 1. The molecule has 152 valence electrons. The molecule has 3 rings (SSSR count). The first-order valence-corrected chi connectivity index (χ1v) is 12.0. The maximum atomic E-state index is 12.6. The van der Waals surface area contributed by atoms with Gasteiger partial charge in [0.05, 0.1) is 32.2 Å². The molecule has 8 heteroatoms. The van der Waals surface area contributed by atoms with Gasteiger partial charge in [0, 0.05) is 0 Å². The molecule has 0 bridgehead atoms. The van der Waals surface area contributed by atoms with Crippen molar-refractivity contribution in [2.45, 2.75) is 30.5 Å². The summed E-state index contributed by atoms with van der Waals surface area (Å²) in [6.07, 6.45) is 0.999. The molecule has 0 saturated carbocycles. The largest absolute Gasteiger partial charge is 0.345 e. The lowest BCUT2D eigenvalue weighted by Crippen LogP contribution is -3.15. The van der Waals surface area contributed by atoms with Crippen LogP contribution in [0.2, 0.25) is 0 Å². The molecule has 1 atom stereocenters. The van der Waals surface area contributed by atoms with Gasteiger partial charge in [0.25, 0.3) is 15.9 Å². The van der Waals surface area contributed by atoms with Gasteiger partial charge in [0.1, 0.15) is 4.21 Å². The standard InChI is InChI=1S/C20H27N3O3S2/c1-3-17-6-8-18(9-7-17)16(2)21-19(24)15-22-10-12-23(13-11-22)28(25,26)20-5-4-14-27-20/h4-9,14,16H,3,10-13,15H2,1-2H3,(H,21,24)/p+1/t16-/m1/s1. The van der Waals surface area contributed by atoms with Crippen molar-refractivity contribution in [3.8, 4) is 0 Å². The summed E-state index contributed by atoms with van der Waals surface area (Å²) in [4.78, 5) is 13.5. The first-order chi connectivity index (χ1) is 13.4. The second-order valence-electron chi connectivity index (χ2n) is 7.15. The predicted octanol–water partition coefficient (Wildman–Crippen LogP) is 1.08. The molecule has 1 aliphatic rings. The lowest BCUT2D eigenvalue weighted by Gasteiger charge is -2.31. The molecule has 0 radical (unpaired) electrons. The van der Waals surface area contributed by atoms with E-state index in [0.717, 1.165) is 16.9 Å². The molecule has 1 aliphatic heterocycles. The summed E-state index contributed by atoms with van der Waals surface area (Å²) in [5, 5.41) is 4.83. The smallest absolute Gasteiger partial charge is 0.275 e. The Labute approximate surface area is 171 Å². The van der Waals surface area contributed by atoms with Crippen molar-refractivity contribution in [1.82, 2.24) is 9.62 Å². The van der Waals surface area contributed by atoms with Gasteiger partial charge in [-0.15, -0.1) is 11.3 Å².